The lowest BCUT2D eigenvalue weighted by Gasteiger charge is -2.16. The number of carbonyl (C=O) groups excluding carboxylic acids is 1. The largest absolute Gasteiger partial charge is 0.491 e. The number of amides is 1. The van der Waals surface area contributed by atoms with Gasteiger partial charge in [-0.05, 0) is 44.2 Å². The van der Waals surface area contributed by atoms with E-state index in [-0.39, 0.29) is 29.4 Å². The number of aryl methyl sites for hydroxylation is 2. The number of benzene rings is 2. The highest BCUT2D eigenvalue weighted by atomic mass is 35.5. The van der Waals surface area contributed by atoms with E-state index in [1.165, 1.54) is 12.3 Å². The Morgan fingerprint density at radius 2 is 1.91 bits per heavy atom. The van der Waals surface area contributed by atoms with E-state index in [0.29, 0.717) is 38.4 Å². The Bertz CT molecular complexity index is 2250. The first-order valence-electron chi connectivity index (χ1n) is 13.0. The minimum absolute atomic E-state index is 0.0676. The summed E-state index contributed by atoms with van der Waals surface area (Å²) < 4.78 is 76.9. The van der Waals surface area contributed by atoms with E-state index in [1.54, 1.807) is 37.3 Å². The first-order chi connectivity index (χ1) is 21.2. The van der Waals surface area contributed by atoms with Crippen LogP contribution in [0.5, 0.6) is 5.75 Å². The van der Waals surface area contributed by atoms with Crippen LogP contribution in [0.4, 0.5) is 13.2 Å². The van der Waals surface area contributed by atoms with Crippen molar-refractivity contribution in [2.24, 2.45) is 0 Å². The number of sulfonamides is 1. The molecule has 0 saturated heterocycles. The molecular formula is C29H21ClF3N5O5S2. The lowest BCUT2D eigenvalue weighted by atomic mass is 10.0. The number of nitriles is 1. The van der Waals surface area contributed by atoms with Gasteiger partial charge in [-0.2, -0.15) is 5.26 Å². The van der Waals surface area contributed by atoms with Crippen molar-refractivity contribution in [3.8, 4) is 22.9 Å². The van der Waals surface area contributed by atoms with Gasteiger partial charge in [0.2, 0.25) is 5.91 Å². The number of halogens is 4. The van der Waals surface area contributed by atoms with Gasteiger partial charge in [-0.15, -0.1) is 11.3 Å². The minimum atomic E-state index is -4.19. The molecule has 0 saturated carbocycles. The number of rotatable bonds is 8. The molecule has 10 nitrogen and oxygen atoms in total. The fourth-order valence-electron chi connectivity index (χ4n) is 4.87. The highest BCUT2D eigenvalue weighted by Gasteiger charge is 2.25. The van der Waals surface area contributed by atoms with Gasteiger partial charge >= 0.3 is 0 Å². The molecule has 2 aromatic carbocycles. The Morgan fingerprint density at radius 1 is 1.18 bits per heavy atom. The van der Waals surface area contributed by atoms with Crippen molar-refractivity contribution in [1.29, 1.82) is 5.26 Å². The monoisotopic (exact) mass is 675 g/mol. The van der Waals surface area contributed by atoms with Gasteiger partial charge in [-0.25, -0.2) is 31.3 Å². The number of carbonyl (C=O) groups is 1. The molecule has 5 rings (SSSR count). The van der Waals surface area contributed by atoms with Crippen molar-refractivity contribution in [1.82, 2.24) is 19.3 Å². The molecule has 0 unspecified atom stereocenters. The molecule has 45 heavy (non-hydrogen) atoms. The fourth-order valence-corrected chi connectivity index (χ4v) is 7.55. The van der Waals surface area contributed by atoms with Crippen LogP contribution in [0.1, 0.15) is 36.0 Å². The fraction of sp³-hybridized carbons (Fsp3) is 0.207. The number of thiophene rings is 1. The summed E-state index contributed by atoms with van der Waals surface area (Å²) in [7, 11) is -4.19. The van der Waals surface area contributed by atoms with Crippen LogP contribution >= 0.6 is 22.9 Å². The molecule has 0 aliphatic heterocycles. The number of aromatic nitrogens is 3. The second kappa shape index (κ2) is 12.1. The number of nitrogens with zero attached hydrogens (tertiary/aromatic N) is 4. The van der Waals surface area contributed by atoms with Crippen molar-refractivity contribution in [2.75, 3.05) is 6.61 Å². The Balaban J connectivity index is 1.54. The number of pyridine rings is 1. The van der Waals surface area contributed by atoms with Crippen LogP contribution in [-0.2, 0) is 21.4 Å². The van der Waals surface area contributed by atoms with Crippen molar-refractivity contribution in [3.63, 3.8) is 0 Å². The molecule has 0 fully saturated rings. The predicted octanol–water partition coefficient (Wildman–Crippen LogP) is 5.80. The molecule has 0 atom stereocenters. The first-order valence-corrected chi connectivity index (χ1v) is 15.7. The molecule has 232 valence electrons. The molecule has 5 aromatic rings. The van der Waals surface area contributed by atoms with Crippen LogP contribution in [0.3, 0.4) is 0 Å². The molecule has 1 amide bonds. The third kappa shape index (κ3) is 5.96. The second-order valence-corrected chi connectivity index (χ2v) is 12.8. The smallest absolute Gasteiger partial charge is 0.267 e. The summed E-state index contributed by atoms with van der Waals surface area (Å²) in [5.41, 5.74) is -1.30. The van der Waals surface area contributed by atoms with Crippen LogP contribution in [0.15, 0.2) is 45.4 Å². The summed E-state index contributed by atoms with van der Waals surface area (Å²) in [6.45, 7) is 3.88. The number of hydrogen-bond acceptors (Lipinski definition) is 9. The van der Waals surface area contributed by atoms with Gasteiger partial charge in [0.25, 0.3) is 22.0 Å². The summed E-state index contributed by atoms with van der Waals surface area (Å²) in [5, 5.41) is 10.7. The van der Waals surface area contributed by atoms with Gasteiger partial charge in [-0.1, -0.05) is 11.6 Å². The number of fused-ring (bicyclic) bond motifs is 2. The Kier molecular flexibility index (Phi) is 8.58. The van der Waals surface area contributed by atoms with E-state index in [9.17, 15) is 36.4 Å². The van der Waals surface area contributed by atoms with E-state index in [4.69, 9.17) is 16.3 Å². The molecule has 0 aliphatic carbocycles. The van der Waals surface area contributed by atoms with Crippen LogP contribution in [0.25, 0.3) is 32.2 Å². The van der Waals surface area contributed by atoms with E-state index in [2.05, 4.69) is 9.97 Å². The lowest BCUT2D eigenvalue weighted by molar-refractivity contribution is -0.117. The number of alkyl halides is 2. The third-order valence-electron chi connectivity index (χ3n) is 6.74. The lowest BCUT2D eigenvalue weighted by Crippen LogP contribution is -2.28. The molecule has 3 heterocycles. The molecular weight excluding hydrogens is 655 g/mol. The summed E-state index contributed by atoms with van der Waals surface area (Å²) >= 11 is 7.41. The zero-order valence-electron chi connectivity index (χ0n) is 23.6. The highest BCUT2D eigenvalue weighted by Crippen LogP contribution is 2.41. The Labute approximate surface area is 262 Å². The van der Waals surface area contributed by atoms with Crippen LogP contribution in [0, 0.1) is 31.0 Å². The van der Waals surface area contributed by atoms with Gasteiger partial charge in [0.1, 0.15) is 46.0 Å². The summed E-state index contributed by atoms with van der Waals surface area (Å²) in [6.07, 6.45) is -3.19. The van der Waals surface area contributed by atoms with Gasteiger partial charge in [0.15, 0.2) is 0 Å². The van der Waals surface area contributed by atoms with E-state index in [1.807, 2.05) is 4.72 Å². The first kappa shape index (κ1) is 31.9. The Morgan fingerprint density at radius 3 is 2.58 bits per heavy atom. The van der Waals surface area contributed by atoms with E-state index in [0.717, 1.165) is 22.8 Å². The van der Waals surface area contributed by atoms with Crippen molar-refractivity contribution in [2.45, 2.75) is 38.6 Å². The molecule has 0 aliphatic rings. The number of hydrogen-bond donors (Lipinski definition) is 1. The zero-order chi connectivity index (χ0) is 32.8. The second-order valence-electron chi connectivity index (χ2n) is 9.81. The van der Waals surface area contributed by atoms with Crippen LogP contribution in [-0.4, -0.2) is 35.5 Å². The van der Waals surface area contributed by atoms with Gasteiger partial charge in [-0.3, -0.25) is 19.1 Å². The Hall–Kier alpha value is -4.52. The molecule has 3 aromatic heterocycles. The quantitative estimate of drug-likeness (QED) is 0.218. The maximum atomic E-state index is 14.6. The maximum absolute atomic E-state index is 14.6. The van der Waals surface area contributed by atoms with E-state index < -0.39 is 55.8 Å². The standard InChI is InChI=1S/C29H21ClF3N5O5S2/c1-13-8-18(27-26(35-13)23(12-44-27)45(41,42)37-15(3)39)17-9-16(30)4-5-22(17)43-7-6-38-14(2)36-25-21(31)10-19(28(32)33)20(11-34)24(25)29(38)40/h4-5,8-10,12,28H,6-7H2,1-3H3,(H,37,39). The van der Waals surface area contributed by atoms with Crippen molar-refractivity contribution >= 4 is 60.0 Å². The van der Waals surface area contributed by atoms with Gasteiger partial charge in [0, 0.05) is 39.7 Å². The van der Waals surface area contributed by atoms with Gasteiger partial charge < -0.3 is 4.74 Å². The molecule has 0 bridgehead atoms. The van der Waals surface area contributed by atoms with Gasteiger partial charge in [0.05, 0.1) is 22.2 Å². The zero-order valence-corrected chi connectivity index (χ0v) is 26.0. The molecule has 0 spiro atoms. The normalized spacial score (nSPS) is 11.7. The predicted molar refractivity (Wildman–Crippen MR) is 162 cm³/mol. The number of nitrogens with one attached hydrogen (secondary N) is 1. The topological polar surface area (TPSA) is 144 Å². The third-order valence-corrected chi connectivity index (χ3v) is 9.58. The molecule has 1 N–H and O–H groups in total. The minimum Gasteiger partial charge on any atom is -0.491 e. The number of ether oxygens (including phenoxy) is 1. The SMILES string of the molecule is CC(=O)NS(=O)(=O)c1csc2c(-c3cc(Cl)ccc3OCCn3c(C)nc4c(F)cc(C(F)F)c(C#N)c4c3=O)cc(C)nc12. The van der Waals surface area contributed by atoms with E-state index >= 15 is 0 Å². The van der Waals surface area contributed by atoms with Crippen molar-refractivity contribution < 1.29 is 31.1 Å². The maximum Gasteiger partial charge on any atom is 0.267 e. The van der Waals surface area contributed by atoms with Crippen molar-refractivity contribution in [3.05, 3.63) is 79.6 Å². The highest BCUT2D eigenvalue weighted by molar-refractivity contribution is 7.90. The molecule has 0 radical (unpaired) electrons. The summed E-state index contributed by atoms with van der Waals surface area (Å²) in [4.78, 5) is 33.2. The van der Waals surface area contributed by atoms with Crippen LogP contribution in [0.2, 0.25) is 5.02 Å². The summed E-state index contributed by atoms with van der Waals surface area (Å²) in [6, 6.07) is 8.56. The molecule has 16 heteroatoms. The average molecular weight is 676 g/mol. The summed E-state index contributed by atoms with van der Waals surface area (Å²) in [5.74, 6) is -1.53. The average Bonchev–Trinajstić information content (AvgIpc) is 3.39. The van der Waals surface area contributed by atoms with Crippen LogP contribution < -0.4 is 15.0 Å².